The molecule has 0 aliphatic heterocycles. The summed E-state index contributed by atoms with van der Waals surface area (Å²) in [5, 5.41) is 3.43. The van der Waals surface area contributed by atoms with E-state index >= 15 is 0 Å². The molecular formula is C17H25F2N. The van der Waals surface area contributed by atoms with E-state index in [1.807, 2.05) is 0 Å². The van der Waals surface area contributed by atoms with Gasteiger partial charge in [0, 0.05) is 24.1 Å². The fourth-order valence-electron chi connectivity index (χ4n) is 3.19. The fraction of sp³-hybridized carbons (Fsp3) is 0.647. The van der Waals surface area contributed by atoms with Crippen LogP contribution in [0.2, 0.25) is 0 Å². The Labute approximate surface area is 120 Å². The smallest absolute Gasteiger partial charge is 0.129 e. The fourth-order valence-corrected chi connectivity index (χ4v) is 3.19. The van der Waals surface area contributed by atoms with Crippen molar-refractivity contribution < 1.29 is 8.78 Å². The molecule has 0 spiro atoms. The van der Waals surface area contributed by atoms with Crippen molar-refractivity contribution >= 4 is 0 Å². The van der Waals surface area contributed by atoms with Crippen LogP contribution >= 0.6 is 0 Å². The van der Waals surface area contributed by atoms with Crippen LogP contribution in [-0.4, -0.2) is 12.6 Å². The molecule has 112 valence electrons. The van der Waals surface area contributed by atoms with Gasteiger partial charge < -0.3 is 5.32 Å². The minimum absolute atomic E-state index is 0.170. The van der Waals surface area contributed by atoms with Crippen molar-refractivity contribution in [1.82, 2.24) is 5.32 Å². The number of rotatable bonds is 5. The van der Waals surface area contributed by atoms with Gasteiger partial charge in [0.2, 0.25) is 0 Å². The summed E-state index contributed by atoms with van der Waals surface area (Å²) in [5.41, 5.74) is 0.501. The third-order valence-electron chi connectivity index (χ3n) is 4.60. The molecule has 1 aliphatic rings. The van der Waals surface area contributed by atoms with E-state index < -0.39 is 11.6 Å². The number of benzene rings is 1. The van der Waals surface area contributed by atoms with Crippen LogP contribution in [0.15, 0.2) is 18.2 Å². The lowest BCUT2D eigenvalue weighted by Gasteiger charge is -2.50. The minimum atomic E-state index is -0.502. The quantitative estimate of drug-likeness (QED) is 0.850. The molecule has 1 aromatic carbocycles. The molecule has 1 saturated carbocycles. The van der Waals surface area contributed by atoms with Crippen LogP contribution in [0.4, 0.5) is 8.78 Å². The molecule has 3 heteroatoms. The zero-order valence-corrected chi connectivity index (χ0v) is 12.8. The highest BCUT2D eigenvalue weighted by molar-refractivity contribution is 5.31. The summed E-state index contributed by atoms with van der Waals surface area (Å²) in [6, 6.07) is 4.38. The van der Waals surface area contributed by atoms with Crippen LogP contribution < -0.4 is 5.32 Å². The van der Waals surface area contributed by atoms with Gasteiger partial charge in [0.05, 0.1) is 0 Å². The second kappa shape index (κ2) is 5.80. The number of halogens is 2. The monoisotopic (exact) mass is 281 g/mol. The van der Waals surface area contributed by atoms with E-state index in [2.05, 4.69) is 33.0 Å². The van der Waals surface area contributed by atoms with Gasteiger partial charge >= 0.3 is 0 Å². The van der Waals surface area contributed by atoms with Crippen LogP contribution in [-0.2, 0) is 5.41 Å². The van der Waals surface area contributed by atoms with Crippen molar-refractivity contribution in [3.63, 3.8) is 0 Å². The van der Waals surface area contributed by atoms with Gasteiger partial charge in [-0.2, -0.15) is 0 Å². The van der Waals surface area contributed by atoms with Gasteiger partial charge in [-0.15, -0.1) is 0 Å². The summed E-state index contributed by atoms with van der Waals surface area (Å²) < 4.78 is 27.3. The molecule has 20 heavy (non-hydrogen) atoms. The summed E-state index contributed by atoms with van der Waals surface area (Å²) in [4.78, 5) is 0. The summed E-state index contributed by atoms with van der Waals surface area (Å²) in [5.74, 6) is 0.342. The Morgan fingerprint density at radius 2 is 1.85 bits per heavy atom. The van der Waals surface area contributed by atoms with E-state index in [4.69, 9.17) is 0 Å². The predicted molar refractivity (Wildman–Crippen MR) is 78.7 cm³/mol. The van der Waals surface area contributed by atoms with Crippen LogP contribution in [0.3, 0.4) is 0 Å². The van der Waals surface area contributed by atoms with Crippen molar-refractivity contribution in [2.75, 3.05) is 6.54 Å². The molecule has 1 aromatic rings. The Bertz CT molecular complexity index is 457. The maximum absolute atomic E-state index is 14.2. The van der Waals surface area contributed by atoms with E-state index in [-0.39, 0.29) is 5.41 Å². The van der Waals surface area contributed by atoms with Gasteiger partial charge in [-0.25, -0.2) is 8.78 Å². The molecule has 0 atom stereocenters. The average Bonchev–Trinajstić information content (AvgIpc) is 2.28. The predicted octanol–water partition coefficient (Wildman–Crippen LogP) is 4.27. The molecule has 1 fully saturated rings. The lowest BCUT2D eigenvalue weighted by Crippen LogP contribution is -2.51. The molecule has 0 aromatic heterocycles. The zero-order valence-electron chi connectivity index (χ0n) is 12.8. The van der Waals surface area contributed by atoms with Crippen LogP contribution in [0.1, 0.15) is 46.1 Å². The van der Waals surface area contributed by atoms with Gasteiger partial charge in [-0.3, -0.25) is 0 Å². The standard InChI is InChI=1S/C17H25F2N/c1-11(2)13-8-17(9-13,10-20-12(3)4)15-6-5-14(18)7-16(15)19/h5-7,11-13,20H,8-10H2,1-4H3. The normalized spacial score (nSPS) is 26.1. The van der Waals surface area contributed by atoms with Crippen LogP contribution in [0, 0.1) is 23.5 Å². The first-order valence-electron chi connectivity index (χ1n) is 7.53. The Balaban J connectivity index is 2.23. The molecule has 0 radical (unpaired) electrons. The van der Waals surface area contributed by atoms with Gasteiger partial charge in [-0.1, -0.05) is 33.8 Å². The Morgan fingerprint density at radius 1 is 1.20 bits per heavy atom. The first-order chi connectivity index (χ1) is 9.34. The number of hydrogen-bond donors (Lipinski definition) is 1. The molecule has 1 nitrogen and oxygen atoms in total. The lowest BCUT2D eigenvalue weighted by atomic mass is 9.55. The van der Waals surface area contributed by atoms with E-state index in [0.717, 1.165) is 25.5 Å². The Morgan fingerprint density at radius 3 is 2.35 bits per heavy atom. The molecule has 1 aliphatic carbocycles. The van der Waals surface area contributed by atoms with Crippen molar-refractivity contribution in [1.29, 1.82) is 0 Å². The first kappa shape index (κ1) is 15.4. The molecular weight excluding hydrogens is 256 g/mol. The molecule has 0 bridgehead atoms. The van der Waals surface area contributed by atoms with Crippen LogP contribution in [0.25, 0.3) is 0 Å². The van der Waals surface area contributed by atoms with E-state index in [1.165, 1.54) is 6.07 Å². The molecule has 2 rings (SSSR count). The minimum Gasteiger partial charge on any atom is -0.314 e. The molecule has 0 amide bonds. The summed E-state index contributed by atoms with van der Waals surface area (Å²) in [6.07, 6.45) is 1.96. The highest BCUT2D eigenvalue weighted by Gasteiger charge is 2.47. The second-order valence-electron chi connectivity index (χ2n) is 6.85. The van der Waals surface area contributed by atoms with E-state index in [0.29, 0.717) is 23.4 Å². The third-order valence-corrected chi connectivity index (χ3v) is 4.60. The number of hydrogen-bond acceptors (Lipinski definition) is 1. The molecule has 0 unspecified atom stereocenters. The maximum atomic E-state index is 14.2. The zero-order chi connectivity index (χ0) is 14.9. The van der Waals surface area contributed by atoms with Crippen molar-refractivity contribution in [3.8, 4) is 0 Å². The Hall–Kier alpha value is -0.960. The van der Waals surface area contributed by atoms with Gasteiger partial charge in [0.1, 0.15) is 11.6 Å². The van der Waals surface area contributed by atoms with Crippen LogP contribution in [0.5, 0.6) is 0 Å². The van der Waals surface area contributed by atoms with Crippen molar-refractivity contribution in [3.05, 3.63) is 35.4 Å². The van der Waals surface area contributed by atoms with Crippen molar-refractivity contribution in [2.24, 2.45) is 11.8 Å². The highest BCUT2D eigenvalue weighted by atomic mass is 19.1. The lowest BCUT2D eigenvalue weighted by molar-refractivity contribution is 0.0925. The second-order valence-corrected chi connectivity index (χ2v) is 6.85. The molecule has 1 N–H and O–H groups in total. The van der Waals surface area contributed by atoms with Crippen molar-refractivity contribution in [2.45, 2.75) is 52.0 Å². The molecule has 0 saturated heterocycles. The topological polar surface area (TPSA) is 12.0 Å². The third kappa shape index (κ3) is 3.03. The molecule has 0 heterocycles. The maximum Gasteiger partial charge on any atom is 0.129 e. The summed E-state index contributed by atoms with van der Waals surface area (Å²) in [6.45, 7) is 9.37. The first-order valence-corrected chi connectivity index (χ1v) is 7.53. The highest BCUT2D eigenvalue weighted by Crippen LogP contribution is 2.51. The van der Waals surface area contributed by atoms with Gasteiger partial charge in [0.25, 0.3) is 0 Å². The summed E-state index contributed by atoms with van der Waals surface area (Å²) in [7, 11) is 0. The SMILES string of the molecule is CC(C)NCC1(c2ccc(F)cc2F)CC(C(C)C)C1. The Kier molecular flexibility index (Phi) is 4.48. The van der Waals surface area contributed by atoms with E-state index in [1.54, 1.807) is 6.07 Å². The van der Waals surface area contributed by atoms with Gasteiger partial charge in [-0.05, 0) is 36.3 Å². The number of nitrogens with one attached hydrogen (secondary N) is 1. The van der Waals surface area contributed by atoms with E-state index in [9.17, 15) is 8.78 Å². The van der Waals surface area contributed by atoms with Gasteiger partial charge in [0.15, 0.2) is 0 Å². The summed E-state index contributed by atoms with van der Waals surface area (Å²) >= 11 is 0. The average molecular weight is 281 g/mol. The largest absolute Gasteiger partial charge is 0.314 e.